The van der Waals surface area contributed by atoms with Crippen molar-refractivity contribution < 1.29 is 9.84 Å². The number of aliphatic hydroxyl groups is 1. The van der Waals surface area contributed by atoms with Crippen LogP contribution in [0.25, 0.3) is 0 Å². The summed E-state index contributed by atoms with van der Waals surface area (Å²) < 4.78 is 6.03. The molecule has 7 nitrogen and oxygen atoms in total. The van der Waals surface area contributed by atoms with Gasteiger partial charge in [-0.05, 0) is 37.0 Å². The number of anilines is 2. The molecule has 2 aromatic rings. The molecule has 1 atom stereocenters. The fourth-order valence-electron chi connectivity index (χ4n) is 3.54. The Morgan fingerprint density at radius 2 is 1.92 bits per heavy atom. The van der Waals surface area contributed by atoms with Gasteiger partial charge in [-0.25, -0.2) is 4.98 Å². The Bertz CT molecular complexity index is 706. The van der Waals surface area contributed by atoms with Crippen LogP contribution in [0, 0.1) is 0 Å². The van der Waals surface area contributed by atoms with Gasteiger partial charge in [0.15, 0.2) is 0 Å². The lowest BCUT2D eigenvalue weighted by Gasteiger charge is -2.32. The highest BCUT2D eigenvalue weighted by Crippen LogP contribution is 2.23. The van der Waals surface area contributed by atoms with E-state index >= 15 is 0 Å². The minimum absolute atomic E-state index is 0.249. The predicted molar refractivity (Wildman–Crippen MR) is 99.1 cm³/mol. The molecule has 7 heteroatoms. The van der Waals surface area contributed by atoms with Crippen molar-refractivity contribution in [3.63, 3.8) is 0 Å². The Balaban J connectivity index is 1.30. The molecule has 2 aliphatic rings. The number of nitrogens with zero attached hydrogens (tertiary/aromatic N) is 5. The molecule has 0 unspecified atom stereocenters. The fraction of sp³-hybridized carbons (Fsp3) is 0.526. The number of hydrogen-bond acceptors (Lipinski definition) is 7. The minimum Gasteiger partial charge on any atom is -0.391 e. The number of pyridine rings is 1. The zero-order chi connectivity index (χ0) is 17.8. The third-order valence-corrected chi connectivity index (χ3v) is 5.05. The lowest BCUT2D eigenvalue weighted by molar-refractivity contribution is 0.0248. The van der Waals surface area contributed by atoms with E-state index in [1.54, 1.807) is 6.20 Å². The van der Waals surface area contributed by atoms with Gasteiger partial charge in [-0.2, -0.15) is 4.98 Å². The van der Waals surface area contributed by atoms with Crippen LogP contribution in [-0.2, 0) is 11.3 Å². The summed E-state index contributed by atoms with van der Waals surface area (Å²) in [5, 5.41) is 9.73. The summed E-state index contributed by atoms with van der Waals surface area (Å²) >= 11 is 0. The van der Waals surface area contributed by atoms with Crippen LogP contribution in [0.1, 0.15) is 24.8 Å². The normalized spacial score (nSPS) is 21.3. The monoisotopic (exact) mass is 355 g/mol. The Hall–Kier alpha value is -2.25. The van der Waals surface area contributed by atoms with Crippen LogP contribution in [0.2, 0.25) is 0 Å². The fourth-order valence-corrected chi connectivity index (χ4v) is 3.54. The number of piperidine rings is 1. The molecule has 2 aromatic heterocycles. The second-order valence-electron chi connectivity index (χ2n) is 6.96. The van der Waals surface area contributed by atoms with Crippen molar-refractivity contribution in [1.82, 2.24) is 15.0 Å². The van der Waals surface area contributed by atoms with Crippen molar-refractivity contribution in [1.29, 1.82) is 0 Å². The van der Waals surface area contributed by atoms with Crippen molar-refractivity contribution in [3.8, 4) is 0 Å². The van der Waals surface area contributed by atoms with E-state index in [2.05, 4.69) is 19.8 Å². The lowest BCUT2D eigenvalue weighted by atomic mass is 10.1. The van der Waals surface area contributed by atoms with Gasteiger partial charge in [0.2, 0.25) is 5.95 Å². The van der Waals surface area contributed by atoms with Gasteiger partial charge in [0.1, 0.15) is 5.82 Å². The van der Waals surface area contributed by atoms with E-state index < -0.39 is 0 Å². The first kappa shape index (κ1) is 17.2. The lowest BCUT2D eigenvalue weighted by Crippen LogP contribution is -2.38. The molecule has 0 radical (unpaired) electrons. The maximum absolute atomic E-state index is 9.73. The molecule has 0 amide bonds. The van der Waals surface area contributed by atoms with Gasteiger partial charge in [0.05, 0.1) is 18.8 Å². The molecular weight excluding hydrogens is 330 g/mol. The Kier molecular flexibility index (Phi) is 5.26. The largest absolute Gasteiger partial charge is 0.391 e. The second kappa shape index (κ2) is 7.97. The number of aromatic nitrogens is 3. The predicted octanol–water partition coefficient (Wildman–Crippen LogP) is 1.63. The molecule has 0 aromatic carbocycles. The number of rotatable bonds is 5. The van der Waals surface area contributed by atoms with Crippen LogP contribution in [0.3, 0.4) is 0 Å². The van der Waals surface area contributed by atoms with E-state index in [1.807, 2.05) is 30.6 Å². The van der Waals surface area contributed by atoms with Crippen LogP contribution in [0.5, 0.6) is 0 Å². The van der Waals surface area contributed by atoms with E-state index in [0.29, 0.717) is 13.2 Å². The van der Waals surface area contributed by atoms with Gasteiger partial charge in [0.25, 0.3) is 0 Å². The molecular formula is C19H25N5O2. The Labute approximate surface area is 153 Å². The smallest absolute Gasteiger partial charge is 0.227 e. The molecule has 0 bridgehead atoms. The molecule has 2 saturated heterocycles. The first-order valence-corrected chi connectivity index (χ1v) is 9.29. The molecule has 2 aliphatic heterocycles. The maximum Gasteiger partial charge on any atom is 0.227 e. The van der Waals surface area contributed by atoms with E-state index in [4.69, 9.17) is 9.72 Å². The average molecular weight is 355 g/mol. The maximum atomic E-state index is 9.73. The van der Waals surface area contributed by atoms with Crippen molar-refractivity contribution >= 4 is 11.8 Å². The topological polar surface area (TPSA) is 74.6 Å². The Morgan fingerprint density at radius 1 is 1.08 bits per heavy atom. The minimum atomic E-state index is -0.249. The van der Waals surface area contributed by atoms with Crippen LogP contribution < -0.4 is 9.80 Å². The first-order chi connectivity index (χ1) is 12.8. The standard InChI is InChI=1S/C19H25N5O2/c25-16-4-9-24(13-16)18-3-8-21-19(22-18)23-10-5-17(6-11-23)26-14-15-2-1-7-20-12-15/h1-3,7-8,12,16-17,25H,4-6,9-11,13-14H2/t16-/m1/s1. The average Bonchev–Trinajstić information content (AvgIpc) is 3.14. The van der Waals surface area contributed by atoms with Gasteiger partial charge < -0.3 is 19.6 Å². The van der Waals surface area contributed by atoms with Crippen molar-refractivity contribution in [2.24, 2.45) is 0 Å². The quantitative estimate of drug-likeness (QED) is 0.874. The van der Waals surface area contributed by atoms with Gasteiger partial charge in [0, 0.05) is 44.8 Å². The third-order valence-electron chi connectivity index (χ3n) is 5.05. The number of aliphatic hydroxyl groups excluding tert-OH is 1. The number of β-amino-alcohol motifs (C(OH)–C–C–N with tert-alkyl or cyclic N) is 1. The molecule has 4 heterocycles. The Morgan fingerprint density at radius 3 is 2.65 bits per heavy atom. The number of ether oxygens (including phenoxy) is 1. The van der Waals surface area contributed by atoms with Crippen LogP contribution in [0.4, 0.5) is 11.8 Å². The molecule has 0 spiro atoms. The highest BCUT2D eigenvalue weighted by atomic mass is 16.5. The molecule has 0 aliphatic carbocycles. The summed E-state index contributed by atoms with van der Waals surface area (Å²) in [4.78, 5) is 17.6. The van der Waals surface area contributed by atoms with E-state index in [-0.39, 0.29) is 12.2 Å². The summed E-state index contributed by atoms with van der Waals surface area (Å²) in [5.74, 6) is 1.68. The summed E-state index contributed by atoms with van der Waals surface area (Å²) in [6.07, 6.45) is 8.20. The molecule has 4 rings (SSSR count). The zero-order valence-corrected chi connectivity index (χ0v) is 14.9. The molecule has 26 heavy (non-hydrogen) atoms. The van der Waals surface area contributed by atoms with E-state index in [0.717, 1.165) is 56.2 Å². The summed E-state index contributed by atoms with van der Waals surface area (Å²) in [6, 6.07) is 5.90. The van der Waals surface area contributed by atoms with E-state index in [1.165, 1.54) is 0 Å². The van der Waals surface area contributed by atoms with Crippen molar-refractivity contribution in [3.05, 3.63) is 42.4 Å². The van der Waals surface area contributed by atoms with Crippen molar-refractivity contribution in [2.45, 2.75) is 38.1 Å². The zero-order valence-electron chi connectivity index (χ0n) is 14.9. The second-order valence-corrected chi connectivity index (χ2v) is 6.96. The van der Waals surface area contributed by atoms with Gasteiger partial charge >= 0.3 is 0 Å². The number of hydrogen-bond donors (Lipinski definition) is 1. The molecule has 1 N–H and O–H groups in total. The van der Waals surface area contributed by atoms with E-state index in [9.17, 15) is 5.11 Å². The first-order valence-electron chi connectivity index (χ1n) is 9.29. The van der Waals surface area contributed by atoms with Gasteiger partial charge in [-0.1, -0.05) is 6.07 Å². The van der Waals surface area contributed by atoms with Crippen LogP contribution in [0.15, 0.2) is 36.8 Å². The summed E-state index contributed by atoms with van der Waals surface area (Å²) in [6.45, 7) is 3.90. The summed E-state index contributed by atoms with van der Waals surface area (Å²) in [7, 11) is 0. The highest BCUT2D eigenvalue weighted by molar-refractivity contribution is 5.45. The van der Waals surface area contributed by atoms with Crippen LogP contribution in [-0.4, -0.2) is 58.4 Å². The molecule has 0 saturated carbocycles. The van der Waals surface area contributed by atoms with Crippen LogP contribution >= 0.6 is 0 Å². The highest BCUT2D eigenvalue weighted by Gasteiger charge is 2.24. The van der Waals surface area contributed by atoms with Gasteiger partial charge in [-0.3, -0.25) is 4.98 Å². The SMILES string of the molecule is O[C@@H]1CCN(c2ccnc(N3CCC(OCc4cccnc4)CC3)n2)C1. The molecule has 138 valence electrons. The molecule has 2 fully saturated rings. The summed E-state index contributed by atoms with van der Waals surface area (Å²) in [5.41, 5.74) is 1.11. The third kappa shape index (κ3) is 4.11. The van der Waals surface area contributed by atoms with Gasteiger partial charge in [-0.15, -0.1) is 0 Å². The van der Waals surface area contributed by atoms with Crippen molar-refractivity contribution in [2.75, 3.05) is 36.0 Å².